The van der Waals surface area contributed by atoms with Gasteiger partial charge in [-0.25, -0.2) is 0 Å². The summed E-state index contributed by atoms with van der Waals surface area (Å²) in [6.07, 6.45) is 1.71. The summed E-state index contributed by atoms with van der Waals surface area (Å²) in [5, 5.41) is 0. The Kier molecular flexibility index (Phi) is 5.80. The minimum Gasteiger partial charge on any atom is -0.490 e. The summed E-state index contributed by atoms with van der Waals surface area (Å²) in [6.45, 7) is 4.68. The van der Waals surface area contributed by atoms with Crippen LogP contribution in [-0.4, -0.2) is 33.1 Å². The molecule has 0 radical (unpaired) electrons. The zero-order chi connectivity index (χ0) is 29.2. The van der Waals surface area contributed by atoms with E-state index in [0.29, 0.717) is 26.4 Å². The van der Waals surface area contributed by atoms with E-state index in [-0.39, 0.29) is 6.71 Å². The monoisotopic (exact) mass is 578 g/mol. The molecule has 0 spiro atoms. The van der Waals surface area contributed by atoms with Crippen molar-refractivity contribution >= 4 is 57.2 Å². The van der Waals surface area contributed by atoms with Crippen LogP contribution < -0.4 is 45.1 Å². The molecule has 0 aromatic heterocycles. The predicted molar refractivity (Wildman–Crippen MR) is 176 cm³/mol. The average molecular weight is 578 g/mol. The van der Waals surface area contributed by atoms with Crippen LogP contribution in [0.4, 0.5) is 34.1 Å². The molecule has 0 atom stereocenters. The number of para-hydroxylation sites is 2. The molecule has 6 nitrogen and oxygen atoms in total. The first-order chi connectivity index (χ1) is 21.7. The van der Waals surface area contributed by atoms with Crippen LogP contribution in [0.5, 0.6) is 23.0 Å². The van der Waals surface area contributed by atoms with Crippen LogP contribution >= 0.6 is 0 Å². The smallest absolute Gasteiger partial charge is 0.252 e. The van der Waals surface area contributed by atoms with E-state index in [0.717, 1.165) is 70.0 Å². The van der Waals surface area contributed by atoms with E-state index in [2.05, 4.69) is 114 Å². The largest absolute Gasteiger partial charge is 0.490 e. The Morgan fingerprint density at radius 3 is 1.34 bits per heavy atom. The van der Waals surface area contributed by atoms with E-state index in [1.165, 1.54) is 22.0 Å². The summed E-state index contributed by atoms with van der Waals surface area (Å²) >= 11 is 0. The lowest BCUT2D eigenvalue weighted by Gasteiger charge is -2.44. The highest BCUT2D eigenvalue weighted by atomic mass is 16.5. The molecule has 0 amide bonds. The number of hydrogen-bond acceptors (Lipinski definition) is 6. The summed E-state index contributed by atoms with van der Waals surface area (Å²) in [5.41, 5.74) is 11.5. The SMILES string of the molecule is Cc1cc2c3c(c1)N(c1ccccc1)c1cc4c(cc1B3c1cc3c(cc1N2c1ccccc1)OCCCO3)OCCCO4. The fourth-order valence-electron chi connectivity index (χ4n) is 7.15. The molecule has 0 N–H and O–H groups in total. The van der Waals surface area contributed by atoms with E-state index in [1.807, 2.05) is 0 Å². The second-order valence-corrected chi connectivity index (χ2v) is 11.8. The van der Waals surface area contributed by atoms with Crippen molar-refractivity contribution in [2.24, 2.45) is 0 Å². The number of ether oxygens (including phenoxy) is 4. The molecule has 0 fully saturated rings. The fourth-order valence-corrected chi connectivity index (χ4v) is 7.15. The van der Waals surface area contributed by atoms with Crippen molar-refractivity contribution in [3.05, 3.63) is 103 Å². The zero-order valence-electron chi connectivity index (χ0n) is 24.6. The first-order valence-corrected chi connectivity index (χ1v) is 15.5. The molecular formula is C37H31BN2O4. The summed E-state index contributed by atoms with van der Waals surface area (Å²) in [5.74, 6) is 3.18. The van der Waals surface area contributed by atoms with Crippen LogP contribution in [0.3, 0.4) is 0 Å². The number of rotatable bonds is 2. The number of anilines is 6. The number of nitrogens with zero attached hydrogens (tertiary/aromatic N) is 2. The molecule has 0 unspecified atom stereocenters. The van der Waals surface area contributed by atoms with E-state index >= 15 is 0 Å². The van der Waals surface area contributed by atoms with Crippen molar-refractivity contribution < 1.29 is 18.9 Å². The second kappa shape index (κ2) is 10.0. The Labute approximate surface area is 257 Å². The lowest BCUT2D eigenvalue weighted by molar-refractivity contribution is 0.296. The number of fused-ring (bicyclic) bond motifs is 6. The van der Waals surface area contributed by atoms with Gasteiger partial charge in [-0.15, -0.1) is 0 Å². The third-order valence-corrected chi connectivity index (χ3v) is 8.98. The first kappa shape index (κ1) is 25.5. The van der Waals surface area contributed by atoms with Crippen LogP contribution in [0, 0.1) is 6.92 Å². The van der Waals surface area contributed by atoms with E-state index < -0.39 is 0 Å². The maximum atomic E-state index is 6.29. The van der Waals surface area contributed by atoms with Crippen LogP contribution in [0.2, 0.25) is 0 Å². The zero-order valence-corrected chi connectivity index (χ0v) is 24.6. The summed E-state index contributed by atoms with van der Waals surface area (Å²) in [7, 11) is 0. The lowest BCUT2D eigenvalue weighted by Crippen LogP contribution is -2.61. The van der Waals surface area contributed by atoms with Gasteiger partial charge in [-0.2, -0.15) is 0 Å². The van der Waals surface area contributed by atoms with E-state index in [9.17, 15) is 0 Å². The molecular weight excluding hydrogens is 547 g/mol. The van der Waals surface area contributed by atoms with Gasteiger partial charge in [0.2, 0.25) is 0 Å². The molecule has 4 aliphatic heterocycles. The van der Waals surface area contributed by atoms with Gasteiger partial charge in [0.1, 0.15) is 0 Å². The molecule has 216 valence electrons. The molecule has 4 heterocycles. The molecule has 0 saturated heterocycles. The summed E-state index contributed by atoms with van der Waals surface area (Å²) in [4.78, 5) is 4.78. The van der Waals surface area contributed by atoms with Crippen molar-refractivity contribution in [2.75, 3.05) is 36.2 Å². The third kappa shape index (κ3) is 3.88. The summed E-state index contributed by atoms with van der Waals surface area (Å²) in [6, 6.07) is 34.7. The van der Waals surface area contributed by atoms with Gasteiger partial charge in [0, 0.05) is 59.1 Å². The van der Waals surface area contributed by atoms with Crippen molar-refractivity contribution in [1.82, 2.24) is 0 Å². The average Bonchev–Trinajstić information content (AvgIpc) is 3.43. The molecule has 7 heteroatoms. The molecule has 0 bridgehead atoms. The number of aryl methyl sites for hydroxylation is 1. The fraction of sp³-hybridized carbons (Fsp3) is 0.189. The van der Waals surface area contributed by atoms with Gasteiger partial charge in [-0.05, 0) is 77.4 Å². The quantitative estimate of drug-likeness (QED) is 0.221. The molecule has 0 saturated carbocycles. The van der Waals surface area contributed by atoms with Gasteiger partial charge in [0.15, 0.2) is 23.0 Å². The van der Waals surface area contributed by atoms with Crippen molar-refractivity contribution in [1.29, 1.82) is 0 Å². The Bertz CT molecular complexity index is 1780. The Hall–Kier alpha value is -5.04. The Balaban J connectivity index is 1.39. The molecule has 44 heavy (non-hydrogen) atoms. The highest BCUT2D eigenvalue weighted by Crippen LogP contribution is 2.48. The normalized spacial score (nSPS) is 15.9. The molecule has 9 rings (SSSR count). The minimum absolute atomic E-state index is 0.0557. The first-order valence-electron chi connectivity index (χ1n) is 15.5. The molecule has 0 aliphatic carbocycles. The van der Waals surface area contributed by atoms with Gasteiger partial charge in [-0.1, -0.05) is 36.4 Å². The predicted octanol–water partition coefficient (Wildman–Crippen LogP) is 6.40. The Morgan fingerprint density at radius 2 is 0.909 bits per heavy atom. The van der Waals surface area contributed by atoms with Crippen molar-refractivity contribution in [3.8, 4) is 23.0 Å². The van der Waals surface area contributed by atoms with Crippen LogP contribution in [0.1, 0.15) is 18.4 Å². The standard InChI is InChI=1S/C37H31BN2O4/c1-24-18-31-37-32(19-24)40(26-12-6-3-7-13-26)30-23-36-34(42-15-9-17-44-36)21-28(30)38(37)27-20-33-35(43-16-8-14-41-33)22-29(27)39(31)25-10-4-2-5-11-25/h2-7,10-13,18-23H,8-9,14-17H2,1H3. The second-order valence-electron chi connectivity index (χ2n) is 11.8. The highest BCUT2D eigenvalue weighted by molar-refractivity contribution is 7.00. The minimum atomic E-state index is -0.0557. The van der Waals surface area contributed by atoms with Gasteiger partial charge in [0.05, 0.1) is 26.4 Å². The van der Waals surface area contributed by atoms with E-state index in [1.54, 1.807) is 0 Å². The molecule has 4 aliphatic rings. The molecule has 5 aromatic carbocycles. The number of hydrogen-bond donors (Lipinski definition) is 0. The number of benzene rings is 5. The van der Waals surface area contributed by atoms with Gasteiger partial charge in [0.25, 0.3) is 6.71 Å². The highest BCUT2D eigenvalue weighted by Gasteiger charge is 2.45. The van der Waals surface area contributed by atoms with Crippen LogP contribution in [-0.2, 0) is 0 Å². The van der Waals surface area contributed by atoms with E-state index in [4.69, 9.17) is 18.9 Å². The van der Waals surface area contributed by atoms with Crippen molar-refractivity contribution in [3.63, 3.8) is 0 Å². The third-order valence-electron chi connectivity index (χ3n) is 8.98. The van der Waals surface area contributed by atoms with Crippen LogP contribution in [0.15, 0.2) is 97.1 Å². The van der Waals surface area contributed by atoms with Gasteiger partial charge < -0.3 is 28.7 Å². The van der Waals surface area contributed by atoms with Gasteiger partial charge >= 0.3 is 0 Å². The summed E-state index contributed by atoms with van der Waals surface area (Å²) < 4.78 is 25.1. The maximum absolute atomic E-state index is 6.29. The topological polar surface area (TPSA) is 43.4 Å². The van der Waals surface area contributed by atoms with Crippen LogP contribution in [0.25, 0.3) is 0 Å². The molecule has 5 aromatic rings. The van der Waals surface area contributed by atoms with Gasteiger partial charge in [-0.3, -0.25) is 0 Å². The Morgan fingerprint density at radius 1 is 0.500 bits per heavy atom. The maximum Gasteiger partial charge on any atom is 0.252 e. The lowest BCUT2D eigenvalue weighted by atomic mass is 9.33. The van der Waals surface area contributed by atoms with Crippen molar-refractivity contribution in [2.45, 2.75) is 19.8 Å².